The molecule has 2 rings (SSSR count). The second-order valence-electron chi connectivity index (χ2n) is 6.38. The molecule has 1 aromatic carbocycles. The number of esters is 1. The molecule has 7 nitrogen and oxygen atoms in total. The molecule has 0 radical (unpaired) electrons. The molecule has 0 saturated heterocycles. The van der Waals surface area contributed by atoms with E-state index in [0.29, 0.717) is 12.3 Å². The van der Waals surface area contributed by atoms with Crippen LogP contribution in [0.3, 0.4) is 0 Å². The van der Waals surface area contributed by atoms with Gasteiger partial charge in [-0.15, -0.1) is 0 Å². The molecule has 156 valence electrons. The highest BCUT2D eigenvalue weighted by Crippen LogP contribution is 2.19. The van der Waals surface area contributed by atoms with Crippen molar-refractivity contribution in [3.8, 4) is 0 Å². The lowest BCUT2D eigenvalue weighted by Gasteiger charge is -2.16. The van der Waals surface area contributed by atoms with E-state index in [2.05, 4.69) is 10.3 Å². The number of carbonyl (C=O) groups excluding carboxylic acids is 1. The van der Waals surface area contributed by atoms with Gasteiger partial charge in [-0.1, -0.05) is 30.3 Å². The summed E-state index contributed by atoms with van der Waals surface area (Å²) in [7, 11) is 0. The number of benzene rings is 1. The number of hydrogen-bond donors (Lipinski definition) is 3. The highest BCUT2D eigenvalue weighted by atomic mass is 16.5. The van der Waals surface area contributed by atoms with E-state index in [4.69, 9.17) is 16.2 Å². The summed E-state index contributed by atoms with van der Waals surface area (Å²) in [5.74, 6) is -0.335. The van der Waals surface area contributed by atoms with Crippen molar-refractivity contribution in [2.45, 2.75) is 39.2 Å². The van der Waals surface area contributed by atoms with Crippen LogP contribution in [0.2, 0.25) is 0 Å². The summed E-state index contributed by atoms with van der Waals surface area (Å²) in [6, 6.07) is 10.0. The maximum atomic E-state index is 11.8. The quantitative estimate of drug-likeness (QED) is 0.402. The lowest BCUT2D eigenvalue weighted by atomic mass is 10.1. The van der Waals surface area contributed by atoms with Crippen molar-refractivity contribution in [3.05, 3.63) is 54.1 Å². The Bertz CT molecular complexity index is 637. The van der Waals surface area contributed by atoms with E-state index in [1.807, 2.05) is 41.8 Å². The molecule has 0 amide bonds. The summed E-state index contributed by atoms with van der Waals surface area (Å²) in [6.07, 6.45) is 6.57. The molecule has 0 saturated carbocycles. The highest BCUT2D eigenvalue weighted by molar-refractivity contribution is 5.87. The van der Waals surface area contributed by atoms with Crippen molar-refractivity contribution in [1.29, 1.82) is 0 Å². The molecule has 0 aliphatic rings. The number of rotatable bonds is 11. The van der Waals surface area contributed by atoms with Gasteiger partial charge in [0.1, 0.15) is 5.69 Å². The maximum Gasteiger partial charge on any atom is 0.356 e. The van der Waals surface area contributed by atoms with Gasteiger partial charge in [-0.2, -0.15) is 0 Å². The Hall–Kier alpha value is -2.22. The predicted molar refractivity (Wildman–Crippen MR) is 113 cm³/mol. The molecule has 1 heterocycles. The SMILES string of the molecule is CCOC(=O)c1cncn1C(C)c1ccccc1.NCCCCNCCCN. The molecule has 0 fully saturated rings. The van der Waals surface area contributed by atoms with Crippen molar-refractivity contribution in [2.24, 2.45) is 11.5 Å². The number of unbranched alkanes of at least 4 members (excludes halogenated alkanes) is 1. The second kappa shape index (κ2) is 14.8. The van der Waals surface area contributed by atoms with Crippen LogP contribution in [0, 0.1) is 0 Å². The monoisotopic (exact) mass is 389 g/mol. The van der Waals surface area contributed by atoms with E-state index in [-0.39, 0.29) is 12.0 Å². The van der Waals surface area contributed by atoms with Crippen LogP contribution in [0.4, 0.5) is 0 Å². The fourth-order valence-electron chi connectivity index (χ4n) is 2.61. The van der Waals surface area contributed by atoms with Gasteiger partial charge in [0.2, 0.25) is 0 Å². The standard InChI is InChI=1S/C14H16N2O2.C7H19N3/c1-3-18-14(17)13-9-15-10-16(13)11(2)12-7-5-4-6-8-12;8-4-1-2-6-10-7-3-5-9/h4-11H,3H2,1-2H3;10H,1-9H2. The zero-order valence-electron chi connectivity index (χ0n) is 17.1. The predicted octanol–water partition coefficient (Wildman–Crippen LogP) is 2.33. The number of imidazole rings is 1. The molecule has 0 bridgehead atoms. The third kappa shape index (κ3) is 8.65. The Morgan fingerprint density at radius 2 is 1.82 bits per heavy atom. The zero-order chi connectivity index (χ0) is 20.6. The fourth-order valence-corrected chi connectivity index (χ4v) is 2.61. The van der Waals surface area contributed by atoms with Gasteiger partial charge in [0, 0.05) is 0 Å². The first-order valence-electron chi connectivity index (χ1n) is 10.00. The third-order valence-corrected chi connectivity index (χ3v) is 4.22. The van der Waals surface area contributed by atoms with Gasteiger partial charge in [0.05, 0.1) is 25.2 Å². The molecule has 5 N–H and O–H groups in total. The number of aromatic nitrogens is 2. The molecule has 2 aromatic rings. The highest BCUT2D eigenvalue weighted by Gasteiger charge is 2.17. The van der Waals surface area contributed by atoms with E-state index in [1.165, 1.54) is 12.6 Å². The smallest absolute Gasteiger partial charge is 0.356 e. The Labute approximate surface area is 168 Å². The van der Waals surface area contributed by atoms with E-state index in [1.54, 1.807) is 13.3 Å². The van der Waals surface area contributed by atoms with Crippen LogP contribution in [-0.4, -0.2) is 48.3 Å². The molecule has 1 aromatic heterocycles. The molecule has 0 aliphatic carbocycles. The minimum atomic E-state index is -0.335. The molecular formula is C21H35N5O2. The Morgan fingerprint density at radius 3 is 2.46 bits per heavy atom. The molecule has 7 heteroatoms. The van der Waals surface area contributed by atoms with E-state index in [9.17, 15) is 4.79 Å². The Kier molecular flexibility index (Phi) is 12.6. The van der Waals surface area contributed by atoms with Crippen LogP contribution in [0.5, 0.6) is 0 Å². The van der Waals surface area contributed by atoms with Crippen LogP contribution >= 0.6 is 0 Å². The van der Waals surface area contributed by atoms with Gasteiger partial charge < -0.3 is 26.1 Å². The van der Waals surface area contributed by atoms with Crippen molar-refractivity contribution in [1.82, 2.24) is 14.9 Å². The minimum absolute atomic E-state index is 0.0492. The van der Waals surface area contributed by atoms with Gasteiger partial charge in [-0.25, -0.2) is 9.78 Å². The molecule has 1 unspecified atom stereocenters. The normalized spacial score (nSPS) is 11.4. The summed E-state index contributed by atoms with van der Waals surface area (Å²) in [5.41, 5.74) is 12.2. The Morgan fingerprint density at radius 1 is 1.14 bits per heavy atom. The van der Waals surface area contributed by atoms with E-state index < -0.39 is 0 Å². The molecule has 0 spiro atoms. The van der Waals surface area contributed by atoms with Gasteiger partial charge in [0.15, 0.2) is 0 Å². The fraction of sp³-hybridized carbons (Fsp3) is 0.524. The van der Waals surface area contributed by atoms with Crippen LogP contribution in [0.25, 0.3) is 0 Å². The van der Waals surface area contributed by atoms with Crippen LogP contribution in [0.15, 0.2) is 42.9 Å². The first-order chi connectivity index (χ1) is 13.7. The van der Waals surface area contributed by atoms with Gasteiger partial charge >= 0.3 is 5.97 Å². The summed E-state index contributed by atoms with van der Waals surface area (Å²) < 4.78 is 6.84. The summed E-state index contributed by atoms with van der Waals surface area (Å²) in [5, 5.41) is 3.29. The zero-order valence-corrected chi connectivity index (χ0v) is 17.1. The number of nitrogens with one attached hydrogen (secondary N) is 1. The Balaban J connectivity index is 0.000000336. The van der Waals surface area contributed by atoms with E-state index >= 15 is 0 Å². The van der Waals surface area contributed by atoms with Crippen molar-refractivity contribution < 1.29 is 9.53 Å². The van der Waals surface area contributed by atoms with Crippen molar-refractivity contribution >= 4 is 5.97 Å². The number of ether oxygens (including phenoxy) is 1. The van der Waals surface area contributed by atoms with E-state index in [0.717, 1.165) is 44.6 Å². The van der Waals surface area contributed by atoms with Gasteiger partial charge in [-0.05, 0) is 64.9 Å². The molecular weight excluding hydrogens is 354 g/mol. The second-order valence-corrected chi connectivity index (χ2v) is 6.38. The van der Waals surface area contributed by atoms with Crippen molar-refractivity contribution in [3.63, 3.8) is 0 Å². The average molecular weight is 390 g/mol. The topological polar surface area (TPSA) is 108 Å². The van der Waals surface area contributed by atoms with Crippen LogP contribution < -0.4 is 16.8 Å². The largest absolute Gasteiger partial charge is 0.461 e. The molecule has 0 aliphatic heterocycles. The van der Waals surface area contributed by atoms with Gasteiger partial charge in [-0.3, -0.25) is 0 Å². The number of nitrogens with zero attached hydrogens (tertiary/aromatic N) is 2. The average Bonchev–Trinajstić information content (AvgIpc) is 3.21. The lowest BCUT2D eigenvalue weighted by molar-refractivity contribution is 0.0512. The first-order valence-corrected chi connectivity index (χ1v) is 10.00. The third-order valence-electron chi connectivity index (χ3n) is 4.22. The van der Waals surface area contributed by atoms with Gasteiger partial charge in [0.25, 0.3) is 0 Å². The van der Waals surface area contributed by atoms with Crippen LogP contribution in [0.1, 0.15) is 55.2 Å². The summed E-state index contributed by atoms with van der Waals surface area (Å²) in [4.78, 5) is 15.8. The maximum absolute atomic E-state index is 11.8. The number of nitrogens with two attached hydrogens (primary N) is 2. The first kappa shape index (κ1) is 23.8. The molecule has 28 heavy (non-hydrogen) atoms. The number of carbonyl (C=O) groups is 1. The number of hydrogen-bond acceptors (Lipinski definition) is 6. The summed E-state index contributed by atoms with van der Waals surface area (Å²) in [6.45, 7) is 7.89. The molecule has 1 atom stereocenters. The summed E-state index contributed by atoms with van der Waals surface area (Å²) >= 11 is 0. The van der Waals surface area contributed by atoms with Crippen molar-refractivity contribution in [2.75, 3.05) is 32.8 Å². The lowest BCUT2D eigenvalue weighted by Crippen LogP contribution is -2.19. The van der Waals surface area contributed by atoms with Crippen LogP contribution in [-0.2, 0) is 4.74 Å². The minimum Gasteiger partial charge on any atom is -0.461 e.